The summed E-state index contributed by atoms with van der Waals surface area (Å²) >= 11 is 0. The van der Waals surface area contributed by atoms with Crippen LogP contribution in [-0.4, -0.2) is 35.7 Å². The summed E-state index contributed by atoms with van der Waals surface area (Å²) < 4.78 is 5.99. The molecule has 0 aromatic heterocycles. The maximum atomic E-state index is 8.51. The standard InChI is InChI=1S/C12H22N2O/c1-11(2)9-14(8-6-5-7-13)10-12(3,4)15-11/h5-6,8-10H2,1-4H3. The number of unbranched alkanes of at least 4 members (excludes halogenated alkanes) is 1. The first-order valence-corrected chi connectivity index (χ1v) is 5.64. The van der Waals surface area contributed by atoms with Crippen molar-refractivity contribution in [2.24, 2.45) is 0 Å². The third-order valence-electron chi connectivity index (χ3n) is 2.52. The summed E-state index contributed by atoms with van der Waals surface area (Å²) in [6.45, 7) is 11.4. The highest BCUT2D eigenvalue weighted by Crippen LogP contribution is 2.27. The predicted octanol–water partition coefficient (Wildman–Crippen LogP) is 2.18. The fraction of sp³-hybridized carbons (Fsp3) is 0.917. The summed E-state index contributed by atoms with van der Waals surface area (Å²) in [6.07, 6.45) is 1.61. The van der Waals surface area contributed by atoms with Gasteiger partial charge in [-0.25, -0.2) is 0 Å². The average molecular weight is 210 g/mol. The highest BCUT2D eigenvalue weighted by Gasteiger charge is 2.37. The van der Waals surface area contributed by atoms with E-state index in [0.29, 0.717) is 6.42 Å². The normalized spacial score (nSPS) is 24.7. The second-order valence-corrected chi connectivity index (χ2v) is 5.59. The van der Waals surface area contributed by atoms with Crippen molar-refractivity contribution in [1.82, 2.24) is 4.90 Å². The number of hydrogen-bond acceptors (Lipinski definition) is 3. The van der Waals surface area contributed by atoms with Crippen molar-refractivity contribution in [3.8, 4) is 6.07 Å². The molecule has 1 aliphatic heterocycles. The molecule has 1 rings (SSSR count). The highest BCUT2D eigenvalue weighted by atomic mass is 16.5. The van der Waals surface area contributed by atoms with Crippen LogP contribution in [0.15, 0.2) is 0 Å². The molecule has 0 amide bonds. The SMILES string of the molecule is CC1(C)CN(CCCC#N)CC(C)(C)O1. The first-order chi connectivity index (χ1) is 6.85. The van der Waals surface area contributed by atoms with E-state index in [-0.39, 0.29) is 11.2 Å². The topological polar surface area (TPSA) is 36.3 Å². The van der Waals surface area contributed by atoms with Gasteiger partial charge in [0.05, 0.1) is 17.3 Å². The van der Waals surface area contributed by atoms with E-state index in [9.17, 15) is 0 Å². The molecule has 0 N–H and O–H groups in total. The highest BCUT2D eigenvalue weighted by molar-refractivity contribution is 4.89. The first-order valence-electron chi connectivity index (χ1n) is 5.64. The largest absolute Gasteiger partial charge is 0.367 e. The van der Waals surface area contributed by atoms with Crippen LogP contribution in [0.4, 0.5) is 0 Å². The number of morpholine rings is 1. The molecular formula is C12H22N2O. The Hall–Kier alpha value is -0.590. The van der Waals surface area contributed by atoms with Crippen LogP contribution in [0.3, 0.4) is 0 Å². The van der Waals surface area contributed by atoms with Crippen LogP contribution in [0.1, 0.15) is 40.5 Å². The third kappa shape index (κ3) is 4.19. The molecule has 0 unspecified atom stereocenters. The van der Waals surface area contributed by atoms with Gasteiger partial charge < -0.3 is 4.74 Å². The summed E-state index contributed by atoms with van der Waals surface area (Å²) in [7, 11) is 0. The molecule has 0 radical (unpaired) electrons. The Kier molecular flexibility index (Phi) is 3.75. The van der Waals surface area contributed by atoms with E-state index in [0.717, 1.165) is 26.1 Å². The quantitative estimate of drug-likeness (QED) is 0.670. The van der Waals surface area contributed by atoms with E-state index < -0.39 is 0 Å². The van der Waals surface area contributed by atoms with Gasteiger partial charge in [0, 0.05) is 19.5 Å². The van der Waals surface area contributed by atoms with Gasteiger partial charge in [-0.05, 0) is 40.7 Å². The van der Waals surface area contributed by atoms with Gasteiger partial charge in [-0.3, -0.25) is 4.90 Å². The second kappa shape index (κ2) is 4.51. The van der Waals surface area contributed by atoms with E-state index in [1.54, 1.807) is 0 Å². The Morgan fingerprint density at radius 2 is 1.73 bits per heavy atom. The summed E-state index contributed by atoms with van der Waals surface area (Å²) in [4.78, 5) is 2.40. The fourth-order valence-electron chi connectivity index (χ4n) is 2.49. The minimum absolute atomic E-state index is 0.0750. The lowest BCUT2D eigenvalue weighted by atomic mass is 9.99. The van der Waals surface area contributed by atoms with Gasteiger partial charge in [-0.15, -0.1) is 0 Å². The van der Waals surface area contributed by atoms with Crippen LogP contribution in [0.2, 0.25) is 0 Å². The number of hydrogen-bond donors (Lipinski definition) is 0. The van der Waals surface area contributed by atoms with Crippen LogP contribution in [0.5, 0.6) is 0 Å². The van der Waals surface area contributed by atoms with Crippen LogP contribution in [0, 0.1) is 11.3 Å². The molecule has 3 nitrogen and oxygen atoms in total. The lowest BCUT2D eigenvalue weighted by Crippen LogP contribution is -2.57. The Morgan fingerprint density at radius 3 is 2.20 bits per heavy atom. The van der Waals surface area contributed by atoms with Crippen molar-refractivity contribution < 1.29 is 4.74 Å². The molecule has 0 bridgehead atoms. The van der Waals surface area contributed by atoms with Crippen molar-refractivity contribution >= 4 is 0 Å². The number of nitriles is 1. The number of ether oxygens (including phenoxy) is 1. The van der Waals surface area contributed by atoms with Gasteiger partial charge in [0.15, 0.2) is 0 Å². The molecule has 0 atom stereocenters. The van der Waals surface area contributed by atoms with E-state index in [1.807, 2.05) is 0 Å². The van der Waals surface area contributed by atoms with Crippen LogP contribution in [0.25, 0.3) is 0 Å². The minimum Gasteiger partial charge on any atom is -0.367 e. The molecule has 0 spiro atoms. The van der Waals surface area contributed by atoms with E-state index in [1.165, 1.54) is 0 Å². The molecule has 0 saturated carbocycles. The molecule has 86 valence electrons. The van der Waals surface area contributed by atoms with Crippen molar-refractivity contribution in [2.45, 2.75) is 51.7 Å². The van der Waals surface area contributed by atoms with Crippen molar-refractivity contribution in [3.05, 3.63) is 0 Å². The van der Waals surface area contributed by atoms with E-state index in [4.69, 9.17) is 10.00 Å². The van der Waals surface area contributed by atoms with Gasteiger partial charge in [-0.1, -0.05) is 0 Å². The zero-order valence-corrected chi connectivity index (χ0v) is 10.3. The van der Waals surface area contributed by atoms with Crippen molar-refractivity contribution in [2.75, 3.05) is 19.6 Å². The molecule has 1 aliphatic rings. The zero-order chi connectivity index (χ0) is 11.5. The molecule has 15 heavy (non-hydrogen) atoms. The Bertz CT molecular complexity index is 237. The lowest BCUT2D eigenvalue weighted by Gasteiger charge is -2.47. The third-order valence-corrected chi connectivity index (χ3v) is 2.52. The fourth-order valence-corrected chi connectivity index (χ4v) is 2.49. The van der Waals surface area contributed by atoms with Crippen molar-refractivity contribution in [1.29, 1.82) is 5.26 Å². The summed E-state index contributed by atoms with van der Waals surface area (Å²) in [5, 5.41) is 8.51. The minimum atomic E-state index is -0.0750. The first kappa shape index (κ1) is 12.5. The Labute approximate surface area is 93.0 Å². The molecule has 0 aromatic carbocycles. The van der Waals surface area contributed by atoms with Crippen molar-refractivity contribution in [3.63, 3.8) is 0 Å². The Morgan fingerprint density at radius 1 is 1.20 bits per heavy atom. The zero-order valence-electron chi connectivity index (χ0n) is 10.3. The molecular weight excluding hydrogens is 188 g/mol. The maximum absolute atomic E-state index is 8.51. The average Bonchev–Trinajstić information content (AvgIpc) is 1.98. The van der Waals surface area contributed by atoms with E-state index >= 15 is 0 Å². The molecule has 3 heteroatoms. The lowest BCUT2D eigenvalue weighted by molar-refractivity contribution is -0.180. The molecule has 1 heterocycles. The van der Waals surface area contributed by atoms with Gasteiger partial charge in [0.25, 0.3) is 0 Å². The molecule has 0 aromatic rings. The Balaban J connectivity index is 2.49. The molecule has 1 fully saturated rings. The van der Waals surface area contributed by atoms with Crippen LogP contribution in [-0.2, 0) is 4.74 Å². The second-order valence-electron chi connectivity index (χ2n) is 5.59. The monoisotopic (exact) mass is 210 g/mol. The van der Waals surface area contributed by atoms with Crippen LogP contribution >= 0.6 is 0 Å². The smallest absolute Gasteiger partial charge is 0.0760 e. The summed E-state index contributed by atoms with van der Waals surface area (Å²) in [5.74, 6) is 0. The molecule has 0 aliphatic carbocycles. The molecule has 1 saturated heterocycles. The van der Waals surface area contributed by atoms with E-state index in [2.05, 4.69) is 38.7 Å². The van der Waals surface area contributed by atoms with Gasteiger partial charge in [0.2, 0.25) is 0 Å². The predicted molar refractivity (Wildman–Crippen MR) is 60.5 cm³/mol. The summed E-state index contributed by atoms with van der Waals surface area (Å²) in [5.41, 5.74) is -0.150. The van der Waals surface area contributed by atoms with Gasteiger partial charge >= 0.3 is 0 Å². The van der Waals surface area contributed by atoms with Gasteiger partial charge in [0.1, 0.15) is 0 Å². The van der Waals surface area contributed by atoms with Crippen LogP contribution < -0.4 is 0 Å². The number of rotatable bonds is 3. The maximum Gasteiger partial charge on any atom is 0.0760 e. The number of nitrogens with zero attached hydrogens (tertiary/aromatic N) is 2. The summed E-state index contributed by atoms with van der Waals surface area (Å²) in [6, 6.07) is 2.19. The van der Waals surface area contributed by atoms with Gasteiger partial charge in [-0.2, -0.15) is 5.26 Å².